The largest absolute Gasteiger partial charge is 0.147 e. The fourth-order valence-corrected chi connectivity index (χ4v) is 27.3. The van der Waals surface area contributed by atoms with Crippen LogP contribution in [0, 0.1) is 0 Å². The molecule has 0 fully saturated rings. The van der Waals surface area contributed by atoms with Crippen LogP contribution >= 0.6 is 24.8 Å². The van der Waals surface area contributed by atoms with Gasteiger partial charge >= 0.3 is 212 Å². The summed E-state index contributed by atoms with van der Waals surface area (Å²) in [4.78, 5) is 0. The smallest absolute Gasteiger partial charge is 0.147 e. The Bertz CT molecular complexity index is 1140. The molecule has 0 aliphatic heterocycles. The van der Waals surface area contributed by atoms with E-state index in [0.29, 0.717) is 0 Å². The first kappa shape index (κ1) is 31.3. The first-order chi connectivity index (χ1) is 16.3. The molecule has 2 aliphatic carbocycles. The maximum Gasteiger partial charge on any atom is -0.147 e. The average Bonchev–Trinajstić information content (AvgIpc) is 3.49. The normalized spacial score (nSPS) is 15.9. The summed E-state index contributed by atoms with van der Waals surface area (Å²) < 4.78 is 9.24. The monoisotopic (exact) mass is 706 g/mol. The Labute approximate surface area is 234 Å². The number of unbranched alkanes of at least 4 members (excludes halogenated alkanes) is 2. The molecular formula is C32H44Cl2HfSi. The van der Waals surface area contributed by atoms with Crippen LogP contribution in [-0.4, -0.2) is 6.94 Å². The van der Waals surface area contributed by atoms with Crippen molar-refractivity contribution < 1.29 is 17.1 Å². The van der Waals surface area contributed by atoms with Crippen LogP contribution in [0.2, 0.25) is 9.36 Å². The van der Waals surface area contributed by atoms with E-state index in [9.17, 15) is 0 Å². The van der Waals surface area contributed by atoms with Crippen LogP contribution in [0.1, 0.15) is 76.3 Å². The molecule has 0 amide bonds. The van der Waals surface area contributed by atoms with Gasteiger partial charge in [-0.1, -0.05) is 0 Å². The van der Waals surface area contributed by atoms with Gasteiger partial charge in [-0.2, -0.15) is 0 Å². The molecule has 0 bridgehead atoms. The van der Waals surface area contributed by atoms with Gasteiger partial charge in [0.05, 0.1) is 0 Å². The van der Waals surface area contributed by atoms with Crippen LogP contribution in [0.3, 0.4) is 0 Å². The van der Waals surface area contributed by atoms with Crippen molar-refractivity contribution in [1.29, 1.82) is 0 Å². The maximum atomic E-state index is 2.75. The van der Waals surface area contributed by atoms with Crippen molar-refractivity contribution in [3.63, 3.8) is 0 Å². The summed E-state index contributed by atoms with van der Waals surface area (Å²) in [6.45, 7) is 7.11. The van der Waals surface area contributed by atoms with Gasteiger partial charge < -0.3 is 0 Å². The zero-order valence-corrected chi connectivity index (χ0v) is 29.2. The molecule has 0 aromatic heterocycles. The molecule has 4 heteroatoms. The molecule has 194 valence electrons. The number of rotatable bonds is 10. The van der Waals surface area contributed by atoms with Crippen molar-refractivity contribution in [2.75, 3.05) is 0 Å². The Morgan fingerprint density at radius 1 is 0.639 bits per heavy atom. The van der Waals surface area contributed by atoms with Crippen molar-refractivity contribution in [3.05, 3.63) is 102 Å². The van der Waals surface area contributed by atoms with Gasteiger partial charge in [0, 0.05) is 0 Å². The first-order valence-electron chi connectivity index (χ1n) is 13.4. The van der Waals surface area contributed by atoms with E-state index in [2.05, 4.69) is 103 Å². The molecule has 0 nitrogen and oxygen atoms in total. The molecule has 0 N–H and O–H groups in total. The Balaban J connectivity index is 0.00000228. The van der Waals surface area contributed by atoms with Crippen molar-refractivity contribution in [3.8, 4) is 0 Å². The Kier molecular flexibility index (Phi) is 11.5. The third kappa shape index (κ3) is 6.73. The van der Waals surface area contributed by atoms with E-state index in [1.54, 1.807) is 22.3 Å². The van der Waals surface area contributed by atoms with Gasteiger partial charge in [0.1, 0.15) is 0 Å². The van der Waals surface area contributed by atoms with Crippen LogP contribution in [0.4, 0.5) is 0 Å². The molecule has 2 aromatic rings. The van der Waals surface area contributed by atoms with E-state index in [4.69, 9.17) is 0 Å². The summed E-state index contributed by atoms with van der Waals surface area (Å²) in [6.07, 6.45) is 15.1. The molecule has 36 heavy (non-hydrogen) atoms. The number of hydrogen-bond donors (Lipinski definition) is 0. The van der Waals surface area contributed by atoms with Gasteiger partial charge in [0.25, 0.3) is 0 Å². The standard InChI is InChI=1S/2C15H17.2CH3.2ClH.Hf.H2Si/c2*1-2-3-7-13-10-11-15(12-13)14-8-5-4-6-9-14;;;;;;/h2*4-6,8-9,12H,2-3,7,11H2,1H3;2*1H3;2*1H;;1H2. The van der Waals surface area contributed by atoms with Gasteiger partial charge in [-0.15, -0.1) is 24.8 Å². The molecule has 0 atom stereocenters. The van der Waals surface area contributed by atoms with Gasteiger partial charge in [-0.3, -0.25) is 0 Å². The summed E-state index contributed by atoms with van der Waals surface area (Å²) in [5.41, 5.74) is 9.29. The van der Waals surface area contributed by atoms with Gasteiger partial charge in [0.15, 0.2) is 0 Å². The van der Waals surface area contributed by atoms with Crippen molar-refractivity contribution in [2.24, 2.45) is 0 Å². The minimum atomic E-state index is -3.50. The van der Waals surface area contributed by atoms with E-state index >= 15 is 0 Å². The van der Waals surface area contributed by atoms with Crippen LogP contribution in [0.5, 0.6) is 0 Å². The zero-order chi connectivity index (χ0) is 24.2. The van der Waals surface area contributed by atoms with E-state index < -0.39 is 17.1 Å². The van der Waals surface area contributed by atoms with E-state index in [0.717, 1.165) is 0 Å². The number of hydrogen-bond acceptors (Lipinski definition) is 0. The molecular weight excluding hydrogens is 662 g/mol. The predicted octanol–water partition coefficient (Wildman–Crippen LogP) is 10.0. The van der Waals surface area contributed by atoms with Gasteiger partial charge in [-0.25, -0.2) is 0 Å². The van der Waals surface area contributed by atoms with E-state index in [1.807, 2.05) is 6.66 Å². The molecule has 2 aromatic carbocycles. The Hall–Kier alpha value is -0.933. The van der Waals surface area contributed by atoms with E-state index in [-0.39, 0.29) is 24.8 Å². The minimum absolute atomic E-state index is 0. The molecule has 4 rings (SSSR count). The van der Waals surface area contributed by atoms with Crippen molar-refractivity contribution in [2.45, 2.75) is 74.6 Å². The predicted molar refractivity (Wildman–Crippen MR) is 166 cm³/mol. The summed E-state index contributed by atoms with van der Waals surface area (Å²) >= 11 is -3.50. The SMILES string of the molecule is CCCCC1=[C]([Hf]([CH3])([CH3])(=[SiH2])[C]2=C(CCCC)C=C(c3ccccc3)C2)CC(c2ccccc2)=C1.Cl.Cl. The molecule has 2 aliphatic rings. The fraction of sp³-hybridized carbons (Fsp3) is 0.375. The van der Waals surface area contributed by atoms with Gasteiger partial charge in [-0.05, 0) is 0 Å². The van der Waals surface area contributed by atoms with Crippen LogP contribution in [0.15, 0.2) is 90.6 Å². The molecule has 0 radical (unpaired) electrons. The molecule has 0 spiro atoms. The summed E-state index contributed by atoms with van der Waals surface area (Å²) in [5, 5.41) is 0. The van der Waals surface area contributed by atoms with Crippen molar-refractivity contribution in [1.82, 2.24) is 0 Å². The van der Waals surface area contributed by atoms with Gasteiger partial charge in [0.2, 0.25) is 0 Å². The second-order valence-corrected chi connectivity index (χ2v) is 52.3. The summed E-state index contributed by atoms with van der Waals surface area (Å²) in [5.74, 6) is 0. The average molecular weight is 706 g/mol. The van der Waals surface area contributed by atoms with Crippen LogP contribution in [0.25, 0.3) is 11.1 Å². The Morgan fingerprint density at radius 2 is 1.00 bits per heavy atom. The fourth-order valence-electron chi connectivity index (χ4n) is 5.94. The minimum Gasteiger partial charge on any atom is -0.147 e. The zero-order valence-electron chi connectivity index (χ0n) is 22.6. The first-order valence-corrected chi connectivity index (χ1v) is 32.5. The second kappa shape index (κ2) is 13.2. The third-order valence-electron chi connectivity index (χ3n) is 8.03. The maximum absolute atomic E-state index is 3.50. The molecule has 0 unspecified atom stereocenters. The third-order valence-corrected chi connectivity index (χ3v) is 32.5. The summed E-state index contributed by atoms with van der Waals surface area (Å²) in [7, 11) is 0. The van der Waals surface area contributed by atoms with Crippen LogP contribution < -0.4 is 0 Å². The number of halogens is 2. The molecule has 0 heterocycles. The topological polar surface area (TPSA) is 0 Å². The molecule has 0 saturated heterocycles. The number of benzene rings is 2. The second-order valence-electron chi connectivity index (χ2n) is 11.3. The number of allylic oxidation sites excluding steroid dienone is 8. The summed E-state index contributed by atoms with van der Waals surface area (Å²) in [6, 6.07) is 22.2. The molecule has 0 saturated carbocycles. The van der Waals surface area contributed by atoms with Crippen LogP contribution in [-0.2, 0) is 17.1 Å². The van der Waals surface area contributed by atoms with Crippen molar-refractivity contribution >= 4 is 42.9 Å². The Morgan fingerprint density at radius 3 is 1.33 bits per heavy atom. The quantitative estimate of drug-likeness (QED) is 0.216. The van der Waals surface area contributed by atoms with E-state index in [1.165, 1.54) is 62.5 Å².